The summed E-state index contributed by atoms with van der Waals surface area (Å²) in [5.74, 6) is 0. The molecule has 1 nitrogen and oxygen atoms in total. The summed E-state index contributed by atoms with van der Waals surface area (Å²) < 4.78 is 0. The Hall–Kier alpha value is -1.41. The van der Waals surface area contributed by atoms with Gasteiger partial charge in [0.2, 0.25) is 0 Å². The van der Waals surface area contributed by atoms with Crippen LogP contribution in [0.3, 0.4) is 0 Å². The number of aryl methyl sites for hydroxylation is 1. The van der Waals surface area contributed by atoms with Crippen molar-refractivity contribution in [1.82, 2.24) is 0 Å². The van der Waals surface area contributed by atoms with E-state index in [0.717, 1.165) is 23.0 Å². The minimum Gasteiger partial charge on any atom is -0.356 e. The van der Waals surface area contributed by atoms with Crippen molar-refractivity contribution < 1.29 is 0 Å². The summed E-state index contributed by atoms with van der Waals surface area (Å²) in [5.41, 5.74) is 3.69. The first-order chi connectivity index (χ1) is 9.28. The number of benzene rings is 2. The molecule has 0 aromatic heterocycles. The average molecular weight is 271 g/mol. The van der Waals surface area contributed by atoms with Gasteiger partial charge >= 0.3 is 0 Å². The summed E-state index contributed by atoms with van der Waals surface area (Å²) in [5, 5.41) is 4.14. The van der Waals surface area contributed by atoms with E-state index in [1.165, 1.54) is 12.0 Å². The fraction of sp³-hybridized carbons (Fsp3) is 0.294. The minimum atomic E-state index is 0.738. The van der Waals surface area contributed by atoms with Crippen LogP contribution < -0.4 is 5.32 Å². The van der Waals surface area contributed by atoms with E-state index >= 15 is 0 Å². The predicted octanol–water partition coefficient (Wildman–Crippen LogP) is 5.11. The molecule has 1 unspecified atom stereocenters. The number of nitrogens with one attached hydrogen (secondary N) is 1. The van der Waals surface area contributed by atoms with Crippen LogP contribution in [0.2, 0.25) is 0 Å². The van der Waals surface area contributed by atoms with Crippen molar-refractivity contribution in [2.24, 2.45) is 0 Å². The van der Waals surface area contributed by atoms with Gasteiger partial charge in [-0.05, 0) is 48.9 Å². The molecule has 2 aromatic carbocycles. The molecule has 0 bridgehead atoms. The van der Waals surface area contributed by atoms with Crippen LogP contribution in [0.5, 0.6) is 0 Å². The Kier molecular flexibility index (Phi) is 5.34. The van der Waals surface area contributed by atoms with Gasteiger partial charge in [0.25, 0.3) is 0 Å². The van der Waals surface area contributed by atoms with Gasteiger partial charge < -0.3 is 5.32 Å². The number of rotatable bonds is 6. The SMILES string of the molecule is CSC(C)CCc1ccc(Nc2ccccc2)cc1. The van der Waals surface area contributed by atoms with E-state index in [0.29, 0.717) is 0 Å². The first kappa shape index (κ1) is 14.0. The van der Waals surface area contributed by atoms with Gasteiger partial charge in [-0.25, -0.2) is 0 Å². The summed E-state index contributed by atoms with van der Waals surface area (Å²) in [6.45, 7) is 2.29. The molecular formula is C17H21NS. The summed E-state index contributed by atoms with van der Waals surface area (Å²) >= 11 is 1.94. The molecule has 0 spiro atoms. The second kappa shape index (κ2) is 7.25. The molecule has 0 saturated carbocycles. The maximum Gasteiger partial charge on any atom is 0.0384 e. The molecule has 2 heteroatoms. The lowest BCUT2D eigenvalue weighted by atomic mass is 10.1. The normalized spacial score (nSPS) is 12.1. The van der Waals surface area contributed by atoms with Crippen molar-refractivity contribution in [2.75, 3.05) is 11.6 Å². The first-order valence-electron chi connectivity index (χ1n) is 6.72. The van der Waals surface area contributed by atoms with Crippen LogP contribution in [-0.2, 0) is 6.42 Å². The second-order valence-electron chi connectivity index (χ2n) is 4.77. The summed E-state index contributed by atoms with van der Waals surface area (Å²) in [6, 6.07) is 19.0. The Morgan fingerprint density at radius 3 is 2.21 bits per heavy atom. The summed E-state index contributed by atoms with van der Waals surface area (Å²) in [4.78, 5) is 0. The Morgan fingerprint density at radius 2 is 1.58 bits per heavy atom. The second-order valence-corrected chi connectivity index (χ2v) is 6.05. The molecule has 0 heterocycles. The Labute approximate surface area is 120 Å². The Morgan fingerprint density at radius 1 is 0.947 bits per heavy atom. The smallest absolute Gasteiger partial charge is 0.0384 e. The molecule has 0 amide bonds. The van der Waals surface area contributed by atoms with E-state index in [4.69, 9.17) is 0 Å². The van der Waals surface area contributed by atoms with E-state index in [2.05, 4.69) is 54.9 Å². The average Bonchev–Trinajstić information content (AvgIpc) is 2.47. The van der Waals surface area contributed by atoms with E-state index in [1.54, 1.807) is 0 Å². The van der Waals surface area contributed by atoms with E-state index < -0.39 is 0 Å². The maximum absolute atomic E-state index is 3.40. The monoisotopic (exact) mass is 271 g/mol. The molecular weight excluding hydrogens is 250 g/mol. The lowest BCUT2D eigenvalue weighted by molar-refractivity contribution is 0.813. The van der Waals surface area contributed by atoms with Crippen LogP contribution in [0.15, 0.2) is 54.6 Å². The van der Waals surface area contributed by atoms with E-state index in [-0.39, 0.29) is 0 Å². The third-order valence-corrected chi connectivity index (χ3v) is 4.30. The molecule has 0 saturated heterocycles. The van der Waals surface area contributed by atoms with Crippen LogP contribution in [-0.4, -0.2) is 11.5 Å². The van der Waals surface area contributed by atoms with Crippen LogP contribution in [0.4, 0.5) is 11.4 Å². The number of para-hydroxylation sites is 1. The highest BCUT2D eigenvalue weighted by molar-refractivity contribution is 7.99. The topological polar surface area (TPSA) is 12.0 Å². The van der Waals surface area contributed by atoms with Gasteiger partial charge in [-0.2, -0.15) is 11.8 Å². The van der Waals surface area contributed by atoms with Crippen LogP contribution in [0.1, 0.15) is 18.9 Å². The molecule has 100 valence electrons. The largest absolute Gasteiger partial charge is 0.356 e. The van der Waals surface area contributed by atoms with Gasteiger partial charge in [0.1, 0.15) is 0 Å². The molecule has 2 rings (SSSR count). The fourth-order valence-corrected chi connectivity index (χ4v) is 2.28. The minimum absolute atomic E-state index is 0.738. The van der Waals surface area contributed by atoms with Crippen molar-refractivity contribution in [3.05, 3.63) is 60.2 Å². The van der Waals surface area contributed by atoms with Crippen LogP contribution in [0.25, 0.3) is 0 Å². The molecule has 1 N–H and O–H groups in total. The van der Waals surface area contributed by atoms with Gasteiger partial charge in [-0.15, -0.1) is 0 Å². The molecule has 0 aliphatic carbocycles. The predicted molar refractivity (Wildman–Crippen MR) is 87.5 cm³/mol. The molecule has 1 atom stereocenters. The lowest BCUT2D eigenvalue weighted by Gasteiger charge is -2.09. The highest BCUT2D eigenvalue weighted by Crippen LogP contribution is 2.18. The molecule has 0 radical (unpaired) electrons. The lowest BCUT2D eigenvalue weighted by Crippen LogP contribution is -1.98. The third kappa shape index (κ3) is 4.64. The van der Waals surface area contributed by atoms with Gasteiger partial charge in [0, 0.05) is 16.6 Å². The first-order valence-corrected chi connectivity index (χ1v) is 8.00. The quantitative estimate of drug-likeness (QED) is 0.783. The van der Waals surface area contributed by atoms with Gasteiger partial charge in [-0.3, -0.25) is 0 Å². The standard InChI is InChI=1S/C17H21NS/c1-14(19-2)8-9-15-10-12-17(13-11-15)18-16-6-4-3-5-7-16/h3-7,10-14,18H,8-9H2,1-2H3. The fourth-order valence-electron chi connectivity index (χ4n) is 1.93. The summed E-state index contributed by atoms with van der Waals surface area (Å²) in [7, 11) is 0. The Balaban J connectivity index is 1.91. The zero-order valence-corrected chi connectivity index (χ0v) is 12.4. The Bertz CT molecular complexity index is 478. The third-order valence-electron chi connectivity index (χ3n) is 3.26. The molecule has 19 heavy (non-hydrogen) atoms. The highest BCUT2D eigenvalue weighted by Gasteiger charge is 2.01. The number of anilines is 2. The maximum atomic E-state index is 3.40. The molecule has 2 aromatic rings. The molecule has 0 fully saturated rings. The summed E-state index contributed by atoms with van der Waals surface area (Å²) in [6.07, 6.45) is 4.58. The van der Waals surface area contributed by atoms with Crippen LogP contribution in [0, 0.1) is 0 Å². The highest BCUT2D eigenvalue weighted by atomic mass is 32.2. The number of hydrogen-bond acceptors (Lipinski definition) is 2. The van der Waals surface area contributed by atoms with Gasteiger partial charge in [0.05, 0.1) is 0 Å². The van der Waals surface area contributed by atoms with Crippen LogP contribution >= 0.6 is 11.8 Å². The number of thioether (sulfide) groups is 1. The van der Waals surface area contributed by atoms with Gasteiger partial charge in [-0.1, -0.05) is 37.3 Å². The number of hydrogen-bond donors (Lipinski definition) is 1. The van der Waals surface area contributed by atoms with Crippen molar-refractivity contribution in [3.8, 4) is 0 Å². The van der Waals surface area contributed by atoms with E-state index in [1.807, 2.05) is 30.0 Å². The molecule has 0 aliphatic heterocycles. The van der Waals surface area contributed by atoms with Crippen molar-refractivity contribution in [2.45, 2.75) is 25.0 Å². The molecule has 0 aliphatic rings. The van der Waals surface area contributed by atoms with E-state index in [9.17, 15) is 0 Å². The zero-order chi connectivity index (χ0) is 13.5. The van der Waals surface area contributed by atoms with Crippen molar-refractivity contribution in [1.29, 1.82) is 0 Å². The van der Waals surface area contributed by atoms with Crippen molar-refractivity contribution >= 4 is 23.1 Å². The van der Waals surface area contributed by atoms with Gasteiger partial charge in [0.15, 0.2) is 0 Å². The van der Waals surface area contributed by atoms with Crippen molar-refractivity contribution in [3.63, 3.8) is 0 Å². The zero-order valence-electron chi connectivity index (χ0n) is 11.6.